The van der Waals surface area contributed by atoms with Crippen LogP contribution in [0.5, 0.6) is 5.75 Å². The molecule has 0 bridgehead atoms. The number of nitrogens with one attached hydrogen (secondary N) is 1. The van der Waals surface area contributed by atoms with Gasteiger partial charge in [0, 0.05) is 22.7 Å². The fourth-order valence-corrected chi connectivity index (χ4v) is 4.63. The predicted molar refractivity (Wildman–Crippen MR) is 130 cm³/mol. The summed E-state index contributed by atoms with van der Waals surface area (Å²) in [5.41, 5.74) is 2.91. The smallest absolute Gasteiger partial charge is 0.234 e. The number of carbonyl (C=O) groups is 1. The third-order valence-electron chi connectivity index (χ3n) is 4.69. The molecule has 0 spiro atoms. The molecule has 0 aliphatic rings. The van der Waals surface area contributed by atoms with E-state index in [9.17, 15) is 4.79 Å². The molecule has 4 rings (SSSR count). The van der Waals surface area contributed by atoms with Crippen LogP contribution in [0.4, 0.5) is 5.69 Å². The van der Waals surface area contributed by atoms with E-state index in [1.54, 1.807) is 11.3 Å². The van der Waals surface area contributed by atoms with Gasteiger partial charge < -0.3 is 10.1 Å². The molecule has 0 aliphatic heterocycles. The molecule has 6 nitrogen and oxygen atoms in total. The molecule has 1 N–H and O–H groups in total. The lowest BCUT2D eigenvalue weighted by Gasteiger charge is -2.11. The van der Waals surface area contributed by atoms with E-state index in [0.717, 1.165) is 22.9 Å². The Labute approximate surface area is 195 Å². The Bertz CT molecular complexity index is 1150. The number of hydrogen-bond acceptors (Lipinski definition) is 6. The number of carbonyl (C=O) groups excluding carboxylic acids is 1. The van der Waals surface area contributed by atoms with Crippen molar-refractivity contribution in [1.82, 2.24) is 14.8 Å². The summed E-state index contributed by atoms with van der Waals surface area (Å²) >= 11 is 3.07. The van der Waals surface area contributed by atoms with Crippen molar-refractivity contribution in [3.8, 4) is 11.4 Å². The molecule has 0 saturated carbocycles. The third kappa shape index (κ3) is 5.57. The van der Waals surface area contributed by atoms with Crippen LogP contribution < -0.4 is 10.1 Å². The van der Waals surface area contributed by atoms with Crippen LogP contribution in [-0.4, -0.2) is 33.0 Å². The van der Waals surface area contributed by atoms with Crippen molar-refractivity contribution >= 4 is 34.7 Å². The quantitative estimate of drug-likeness (QED) is 0.338. The van der Waals surface area contributed by atoms with Gasteiger partial charge in [-0.2, -0.15) is 0 Å². The summed E-state index contributed by atoms with van der Waals surface area (Å²) in [6.45, 7) is 4.61. The van der Waals surface area contributed by atoms with Gasteiger partial charge in [-0.25, -0.2) is 0 Å². The molecule has 0 aliphatic carbocycles. The molecular weight excluding hydrogens is 440 g/mol. The normalized spacial score (nSPS) is 10.8. The van der Waals surface area contributed by atoms with Crippen LogP contribution >= 0.6 is 23.1 Å². The molecule has 2 heterocycles. The summed E-state index contributed by atoms with van der Waals surface area (Å²) in [4.78, 5) is 13.8. The van der Waals surface area contributed by atoms with Gasteiger partial charge in [-0.3, -0.25) is 9.36 Å². The molecule has 0 radical (unpaired) electrons. The zero-order chi connectivity index (χ0) is 22.3. The topological polar surface area (TPSA) is 69.0 Å². The molecule has 0 saturated heterocycles. The number of benzene rings is 2. The Morgan fingerprint density at radius 2 is 1.88 bits per heavy atom. The summed E-state index contributed by atoms with van der Waals surface area (Å²) in [5, 5.41) is 14.5. The van der Waals surface area contributed by atoms with Crippen LogP contribution in [0.3, 0.4) is 0 Å². The second-order valence-electron chi connectivity index (χ2n) is 7.12. The first-order valence-corrected chi connectivity index (χ1v) is 12.2. The first-order valence-electron chi connectivity index (χ1n) is 10.3. The number of amides is 1. The van der Waals surface area contributed by atoms with Crippen molar-refractivity contribution in [2.24, 2.45) is 0 Å². The molecule has 4 aromatic rings. The summed E-state index contributed by atoms with van der Waals surface area (Å²) < 4.78 is 7.48. The highest BCUT2D eigenvalue weighted by molar-refractivity contribution is 7.99. The van der Waals surface area contributed by atoms with Gasteiger partial charge in [-0.15, -0.1) is 21.5 Å². The van der Waals surface area contributed by atoms with Gasteiger partial charge in [0.2, 0.25) is 5.91 Å². The van der Waals surface area contributed by atoms with Crippen LogP contribution in [0.25, 0.3) is 5.69 Å². The Morgan fingerprint density at radius 1 is 1.09 bits per heavy atom. The second-order valence-corrected chi connectivity index (χ2v) is 9.09. The maximum absolute atomic E-state index is 12.5. The van der Waals surface area contributed by atoms with Crippen LogP contribution in [0, 0.1) is 6.92 Å². The lowest BCUT2D eigenvalue weighted by Crippen LogP contribution is -2.14. The number of nitrogens with zero attached hydrogens (tertiary/aromatic N) is 3. The minimum Gasteiger partial charge on any atom is -0.494 e. The number of hydrogen-bond donors (Lipinski definition) is 1. The molecule has 0 unspecified atom stereocenters. The van der Waals surface area contributed by atoms with Gasteiger partial charge in [-0.1, -0.05) is 35.5 Å². The minimum absolute atomic E-state index is 0.0996. The maximum atomic E-state index is 12.5. The number of thioether (sulfide) groups is 1. The number of ether oxygens (including phenoxy) is 1. The standard InChI is InChI=1S/C24H24N4O2S2/c1-3-30-20-12-8-18(9-13-20)25-23(29)16-32-24-27-26-22(15-21-5-4-14-31-21)28(24)19-10-6-17(2)7-11-19/h4-14H,3,15-16H2,1-2H3,(H,25,29). The van der Waals surface area contributed by atoms with Crippen molar-refractivity contribution < 1.29 is 9.53 Å². The lowest BCUT2D eigenvalue weighted by atomic mass is 10.2. The zero-order valence-corrected chi connectivity index (χ0v) is 19.6. The average molecular weight is 465 g/mol. The van der Waals surface area contributed by atoms with Gasteiger partial charge in [0.05, 0.1) is 12.4 Å². The van der Waals surface area contributed by atoms with E-state index in [1.165, 1.54) is 22.2 Å². The lowest BCUT2D eigenvalue weighted by molar-refractivity contribution is -0.113. The van der Waals surface area contributed by atoms with Gasteiger partial charge in [0.15, 0.2) is 5.16 Å². The summed E-state index contributed by atoms with van der Waals surface area (Å²) in [7, 11) is 0. The fourth-order valence-electron chi connectivity index (χ4n) is 3.16. The SMILES string of the molecule is CCOc1ccc(NC(=O)CSc2nnc(Cc3cccs3)n2-c2ccc(C)cc2)cc1. The summed E-state index contributed by atoms with van der Waals surface area (Å²) in [6.07, 6.45) is 0.692. The van der Waals surface area contributed by atoms with Crippen LogP contribution in [-0.2, 0) is 11.2 Å². The van der Waals surface area contributed by atoms with Crippen molar-refractivity contribution in [1.29, 1.82) is 0 Å². The number of rotatable bonds is 9. The molecule has 1 amide bonds. The number of thiophene rings is 1. The Balaban J connectivity index is 1.48. The minimum atomic E-state index is -0.0996. The van der Waals surface area contributed by atoms with Gasteiger partial charge in [-0.05, 0) is 61.7 Å². The molecule has 2 aromatic heterocycles. The van der Waals surface area contributed by atoms with Gasteiger partial charge in [0.25, 0.3) is 0 Å². The van der Waals surface area contributed by atoms with E-state index in [-0.39, 0.29) is 11.7 Å². The highest BCUT2D eigenvalue weighted by Crippen LogP contribution is 2.25. The largest absolute Gasteiger partial charge is 0.494 e. The molecule has 0 fully saturated rings. The number of aromatic nitrogens is 3. The molecule has 8 heteroatoms. The average Bonchev–Trinajstić information content (AvgIpc) is 3.45. The molecule has 0 atom stereocenters. The van der Waals surface area contributed by atoms with Crippen LogP contribution in [0.2, 0.25) is 0 Å². The monoisotopic (exact) mass is 464 g/mol. The molecule has 32 heavy (non-hydrogen) atoms. The first-order chi connectivity index (χ1) is 15.6. The van der Waals surface area contributed by atoms with Crippen molar-refractivity contribution in [3.05, 3.63) is 82.3 Å². The van der Waals surface area contributed by atoms with E-state index in [4.69, 9.17) is 4.74 Å². The summed E-state index contributed by atoms with van der Waals surface area (Å²) in [5.74, 6) is 1.77. The molecule has 164 valence electrons. The van der Waals surface area contributed by atoms with E-state index in [1.807, 2.05) is 41.8 Å². The highest BCUT2D eigenvalue weighted by Gasteiger charge is 2.17. The summed E-state index contributed by atoms with van der Waals surface area (Å²) in [6, 6.07) is 19.7. The Hall–Kier alpha value is -3.10. The van der Waals surface area contributed by atoms with Crippen molar-refractivity contribution in [3.63, 3.8) is 0 Å². The van der Waals surface area contributed by atoms with Crippen molar-refractivity contribution in [2.75, 3.05) is 17.7 Å². The Kier molecular flexibility index (Phi) is 7.24. The predicted octanol–water partition coefficient (Wildman–Crippen LogP) is 5.36. The highest BCUT2D eigenvalue weighted by atomic mass is 32.2. The van der Waals surface area contributed by atoms with Crippen LogP contribution in [0.15, 0.2) is 71.2 Å². The molecular formula is C24H24N4O2S2. The zero-order valence-electron chi connectivity index (χ0n) is 17.9. The maximum Gasteiger partial charge on any atom is 0.234 e. The Morgan fingerprint density at radius 3 is 2.56 bits per heavy atom. The molecule has 2 aromatic carbocycles. The first kappa shape index (κ1) is 22.1. The van der Waals surface area contributed by atoms with E-state index < -0.39 is 0 Å². The fraction of sp³-hybridized carbons (Fsp3) is 0.208. The third-order valence-corrected chi connectivity index (χ3v) is 6.49. The number of aryl methyl sites for hydroxylation is 1. The van der Waals surface area contributed by atoms with Gasteiger partial charge >= 0.3 is 0 Å². The second kappa shape index (κ2) is 10.5. The van der Waals surface area contributed by atoms with Crippen LogP contribution in [0.1, 0.15) is 23.2 Å². The van der Waals surface area contributed by atoms with E-state index >= 15 is 0 Å². The number of anilines is 1. The van der Waals surface area contributed by atoms with Crippen molar-refractivity contribution in [2.45, 2.75) is 25.4 Å². The van der Waals surface area contributed by atoms with Gasteiger partial charge in [0.1, 0.15) is 11.6 Å². The van der Waals surface area contributed by atoms with E-state index in [2.05, 4.69) is 58.1 Å². The van der Waals surface area contributed by atoms with E-state index in [0.29, 0.717) is 18.2 Å².